The number of rotatable bonds is 55. The summed E-state index contributed by atoms with van der Waals surface area (Å²) < 4.78 is 16.7. The standard InChI is InChI=1S/C65H119NO10/c1-3-5-7-9-11-13-15-32-35-39-43-47-51-58(68)57(56-75-65-64(73)63(72)62(71)59(55-67)76-65)66-60(69)52-48-44-40-36-33-29-27-25-23-21-19-17-16-18-20-22-24-26-28-30-34-38-42-46-50-54-74-61(70)53-49-45-41-37-31-14-12-10-8-6-4-2/h9,11,17,19,32,35,47,51,57-59,62-65,67-68,71-73H,3-8,10,12-16,18,20-31,33-34,36-46,48-50,52-56H2,1-2H3,(H,66,69)/b11-9+,19-17-,35-32+,51-47+. The Morgan fingerprint density at radius 2 is 0.868 bits per heavy atom. The maximum Gasteiger partial charge on any atom is 0.305 e. The molecule has 76 heavy (non-hydrogen) atoms. The molecule has 0 saturated carbocycles. The number of hydrogen-bond acceptors (Lipinski definition) is 10. The minimum absolute atomic E-state index is 0.00164. The summed E-state index contributed by atoms with van der Waals surface area (Å²) in [4.78, 5) is 25.0. The van der Waals surface area contributed by atoms with Gasteiger partial charge in [0.15, 0.2) is 6.29 Å². The summed E-state index contributed by atoms with van der Waals surface area (Å²) >= 11 is 0. The Kier molecular flexibility index (Phi) is 51.4. The molecule has 444 valence electrons. The van der Waals surface area contributed by atoms with Crippen molar-refractivity contribution in [1.29, 1.82) is 0 Å². The average molecular weight is 1070 g/mol. The van der Waals surface area contributed by atoms with Crippen molar-refractivity contribution in [2.24, 2.45) is 0 Å². The van der Waals surface area contributed by atoms with E-state index in [4.69, 9.17) is 14.2 Å². The van der Waals surface area contributed by atoms with Crippen molar-refractivity contribution in [3.05, 3.63) is 48.6 Å². The third kappa shape index (κ3) is 43.5. The lowest BCUT2D eigenvalue weighted by Crippen LogP contribution is -2.60. The van der Waals surface area contributed by atoms with Gasteiger partial charge in [-0.05, 0) is 77.0 Å². The number of hydrogen-bond donors (Lipinski definition) is 6. The molecule has 0 aromatic heterocycles. The van der Waals surface area contributed by atoms with E-state index in [1.54, 1.807) is 6.08 Å². The highest BCUT2D eigenvalue weighted by molar-refractivity contribution is 5.76. The van der Waals surface area contributed by atoms with E-state index in [1.807, 2.05) is 6.08 Å². The van der Waals surface area contributed by atoms with Crippen LogP contribution >= 0.6 is 0 Å². The number of esters is 1. The van der Waals surface area contributed by atoms with Crippen LogP contribution in [0.3, 0.4) is 0 Å². The largest absolute Gasteiger partial charge is 0.466 e. The van der Waals surface area contributed by atoms with Crippen LogP contribution in [0.1, 0.15) is 290 Å². The van der Waals surface area contributed by atoms with Crippen molar-refractivity contribution >= 4 is 11.9 Å². The number of aliphatic hydroxyl groups excluding tert-OH is 5. The lowest BCUT2D eigenvalue weighted by molar-refractivity contribution is -0.302. The zero-order valence-corrected chi connectivity index (χ0v) is 49.0. The summed E-state index contributed by atoms with van der Waals surface area (Å²) in [6.45, 7) is 4.28. The van der Waals surface area contributed by atoms with Crippen LogP contribution in [0.2, 0.25) is 0 Å². The molecule has 1 heterocycles. The van der Waals surface area contributed by atoms with Gasteiger partial charge in [0, 0.05) is 12.8 Å². The van der Waals surface area contributed by atoms with E-state index in [0.29, 0.717) is 19.4 Å². The molecule has 1 aliphatic heterocycles. The minimum Gasteiger partial charge on any atom is -0.466 e. The Bertz CT molecular complexity index is 1400. The first-order chi connectivity index (χ1) is 37.2. The number of allylic oxidation sites excluding steroid dienone is 7. The highest BCUT2D eigenvalue weighted by Crippen LogP contribution is 2.23. The molecule has 7 atom stereocenters. The van der Waals surface area contributed by atoms with Crippen molar-refractivity contribution < 1.29 is 49.3 Å². The van der Waals surface area contributed by atoms with Gasteiger partial charge in [-0.2, -0.15) is 0 Å². The van der Waals surface area contributed by atoms with E-state index in [0.717, 1.165) is 77.0 Å². The van der Waals surface area contributed by atoms with Gasteiger partial charge < -0.3 is 45.1 Å². The first-order valence-electron chi connectivity index (χ1n) is 31.9. The van der Waals surface area contributed by atoms with Crippen LogP contribution < -0.4 is 5.32 Å². The van der Waals surface area contributed by atoms with Crippen LogP contribution in [0.25, 0.3) is 0 Å². The first kappa shape index (κ1) is 71.6. The molecule has 0 radical (unpaired) electrons. The molecule has 11 heteroatoms. The van der Waals surface area contributed by atoms with Crippen LogP contribution in [0.15, 0.2) is 48.6 Å². The summed E-state index contributed by atoms with van der Waals surface area (Å²) in [6.07, 6.45) is 59.4. The maximum atomic E-state index is 13.0. The minimum atomic E-state index is -1.58. The number of ether oxygens (including phenoxy) is 3. The van der Waals surface area contributed by atoms with Gasteiger partial charge in [-0.15, -0.1) is 0 Å². The number of carbonyl (C=O) groups excluding carboxylic acids is 2. The normalized spacial score (nSPS) is 19.0. The Morgan fingerprint density at radius 1 is 0.474 bits per heavy atom. The smallest absolute Gasteiger partial charge is 0.305 e. The van der Waals surface area contributed by atoms with Gasteiger partial charge in [-0.3, -0.25) is 9.59 Å². The SMILES string of the molecule is CCCC/C=C/CC/C=C/CC/C=C/C(O)C(COC1OC(CO)C(O)C(O)C1O)NC(=O)CCCCCCCCCCC/C=C\CCCCCCCCCCCCCCOC(=O)CCCCCCCCCCCCC. The van der Waals surface area contributed by atoms with Gasteiger partial charge in [0.1, 0.15) is 24.4 Å². The van der Waals surface area contributed by atoms with Gasteiger partial charge in [-0.25, -0.2) is 0 Å². The van der Waals surface area contributed by atoms with E-state index in [1.165, 1.54) is 186 Å². The molecule has 1 amide bonds. The second-order valence-electron chi connectivity index (χ2n) is 22.1. The van der Waals surface area contributed by atoms with Crippen molar-refractivity contribution in [2.75, 3.05) is 19.8 Å². The molecule has 0 aliphatic carbocycles. The summed E-state index contributed by atoms with van der Waals surface area (Å²) in [5.41, 5.74) is 0. The molecular formula is C65H119NO10. The number of carbonyl (C=O) groups is 2. The van der Waals surface area contributed by atoms with Gasteiger partial charge in [0.2, 0.25) is 5.91 Å². The van der Waals surface area contributed by atoms with E-state index in [2.05, 4.69) is 55.6 Å². The van der Waals surface area contributed by atoms with Crippen molar-refractivity contribution in [2.45, 2.75) is 333 Å². The molecule has 1 fully saturated rings. The monoisotopic (exact) mass is 1070 g/mol. The summed E-state index contributed by atoms with van der Waals surface area (Å²) in [5.74, 6) is -0.199. The Balaban J connectivity index is 2.04. The zero-order chi connectivity index (χ0) is 55.2. The van der Waals surface area contributed by atoms with Gasteiger partial charge >= 0.3 is 5.97 Å². The summed E-state index contributed by atoms with van der Waals surface area (Å²) in [5, 5.41) is 54.3. The van der Waals surface area contributed by atoms with E-state index < -0.39 is 49.5 Å². The Morgan fingerprint density at radius 3 is 1.34 bits per heavy atom. The number of unbranched alkanes of at least 4 members (excludes halogenated alkanes) is 35. The second kappa shape index (κ2) is 54.6. The van der Waals surface area contributed by atoms with E-state index in [-0.39, 0.29) is 18.5 Å². The first-order valence-corrected chi connectivity index (χ1v) is 31.9. The molecule has 0 aromatic rings. The van der Waals surface area contributed by atoms with Crippen molar-refractivity contribution in [3.63, 3.8) is 0 Å². The Labute approximate surface area is 466 Å². The van der Waals surface area contributed by atoms with Gasteiger partial charge in [0.25, 0.3) is 0 Å². The van der Waals surface area contributed by atoms with Crippen LogP contribution in [-0.2, 0) is 23.8 Å². The van der Waals surface area contributed by atoms with Crippen LogP contribution in [-0.4, -0.2) is 100 Å². The average Bonchev–Trinajstić information content (AvgIpc) is 3.42. The fourth-order valence-electron chi connectivity index (χ4n) is 9.80. The number of nitrogens with one attached hydrogen (secondary N) is 1. The van der Waals surface area contributed by atoms with Crippen LogP contribution in [0.4, 0.5) is 0 Å². The molecule has 0 aromatic carbocycles. The fourth-order valence-corrected chi connectivity index (χ4v) is 9.80. The number of amides is 1. The quantitative estimate of drug-likeness (QED) is 0.0195. The summed E-state index contributed by atoms with van der Waals surface area (Å²) in [7, 11) is 0. The van der Waals surface area contributed by atoms with Crippen LogP contribution in [0, 0.1) is 0 Å². The van der Waals surface area contributed by atoms with E-state index >= 15 is 0 Å². The highest BCUT2D eigenvalue weighted by atomic mass is 16.7. The molecule has 1 saturated heterocycles. The zero-order valence-electron chi connectivity index (χ0n) is 49.0. The molecule has 0 spiro atoms. The predicted octanol–water partition coefficient (Wildman–Crippen LogP) is 15.2. The second-order valence-corrected chi connectivity index (χ2v) is 22.1. The molecule has 6 N–H and O–H groups in total. The lowest BCUT2D eigenvalue weighted by Gasteiger charge is -2.40. The molecule has 1 aliphatic rings. The van der Waals surface area contributed by atoms with Crippen molar-refractivity contribution in [1.82, 2.24) is 5.32 Å². The third-order valence-electron chi connectivity index (χ3n) is 14.9. The Hall–Kier alpha value is -2.38. The van der Waals surface area contributed by atoms with Crippen molar-refractivity contribution in [3.8, 4) is 0 Å². The highest BCUT2D eigenvalue weighted by Gasteiger charge is 2.44. The molecular weight excluding hydrogens is 955 g/mol. The predicted molar refractivity (Wildman–Crippen MR) is 315 cm³/mol. The molecule has 0 bridgehead atoms. The fraction of sp³-hybridized carbons (Fsp3) is 0.846. The summed E-state index contributed by atoms with van der Waals surface area (Å²) in [6, 6.07) is -0.837. The molecule has 11 nitrogen and oxygen atoms in total. The lowest BCUT2D eigenvalue weighted by atomic mass is 9.99. The number of aliphatic hydroxyl groups is 5. The van der Waals surface area contributed by atoms with Crippen LogP contribution in [0.5, 0.6) is 0 Å². The molecule has 1 rings (SSSR count). The maximum absolute atomic E-state index is 13.0. The van der Waals surface area contributed by atoms with Gasteiger partial charge in [0.05, 0.1) is 32.0 Å². The van der Waals surface area contributed by atoms with Gasteiger partial charge in [-0.1, -0.05) is 249 Å². The topological polar surface area (TPSA) is 175 Å². The van der Waals surface area contributed by atoms with E-state index in [9.17, 15) is 35.1 Å². The molecule has 7 unspecified atom stereocenters. The third-order valence-corrected chi connectivity index (χ3v) is 14.9.